The highest BCUT2D eigenvalue weighted by Crippen LogP contribution is 2.48. The molecule has 0 amide bonds. The molecule has 0 aliphatic heterocycles. The van der Waals surface area contributed by atoms with Gasteiger partial charge in [-0.1, -0.05) is 6.92 Å². The fraction of sp³-hybridized carbons (Fsp3) is 0.600. The fourth-order valence-electron chi connectivity index (χ4n) is 1.50. The van der Waals surface area contributed by atoms with Crippen molar-refractivity contribution >= 4 is 5.82 Å². The molecule has 1 heterocycles. The van der Waals surface area contributed by atoms with Crippen molar-refractivity contribution in [3.63, 3.8) is 0 Å². The maximum atomic E-state index is 4.17. The van der Waals surface area contributed by atoms with Crippen molar-refractivity contribution in [1.29, 1.82) is 0 Å². The minimum Gasteiger partial charge on any atom is -0.368 e. The van der Waals surface area contributed by atoms with Crippen LogP contribution in [0, 0.1) is 5.41 Å². The Morgan fingerprint density at radius 2 is 2.31 bits per heavy atom. The molecular formula is C10H15N3. The second-order valence-electron chi connectivity index (χ2n) is 3.80. The normalized spacial score (nSPS) is 18.2. The third-order valence-corrected chi connectivity index (χ3v) is 2.91. The highest BCUT2D eigenvalue weighted by Gasteiger charge is 2.40. The predicted molar refractivity (Wildman–Crippen MR) is 52.5 cm³/mol. The van der Waals surface area contributed by atoms with Gasteiger partial charge in [-0.15, -0.1) is 0 Å². The summed E-state index contributed by atoms with van der Waals surface area (Å²) in [4.78, 5) is 8.18. The molecule has 1 aromatic heterocycles. The molecule has 3 nitrogen and oxygen atoms in total. The van der Waals surface area contributed by atoms with Crippen molar-refractivity contribution in [2.75, 3.05) is 11.9 Å². The third-order valence-electron chi connectivity index (χ3n) is 2.91. The lowest BCUT2D eigenvalue weighted by molar-refractivity contribution is 0.520. The van der Waals surface area contributed by atoms with Gasteiger partial charge >= 0.3 is 0 Å². The van der Waals surface area contributed by atoms with Crippen molar-refractivity contribution < 1.29 is 0 Å². The topological polar surface area (TPSA) is 37.8 Å². The quantitative estimate of drug-likeness (QED) is 0.765. The summed E-state index contributed by atoms with van der Waals surface area (Å²) < 4.78 is 0. The number of hydrogen-bond donors (Lipinski definition) is 1. The first-order valence-corrected chi connectivity index (χ1v) is 4.85. The molecule has 1 aliphatic carbocycles. The van der Waals surface area contributed by atoms with E-state index >= 15 is 0 Å². The molecule has 0 saturated heterocycles. The summed E-state index contributed by atoms with van der Waals surface area (Å²) >= 11 is 0. The van der Waals surface area contributed by atoms with Crippen LogP contribution in [0.3, 0.4) is 0 Å². The van der Waals surface area contributed by atoms with Crippen LogP contribution in [0.4, 0.5) is 5.82 Å². The van der Waals surface area contributed by atoms with Gasteiger partial charge in [-0.05, 0) is 24.7 Å². The van der Waals surface area contributed by atoms with Crippen molar-refractivity contribution in [3.05, 3.63) is 18.6 Å². The minimum absolute atomic E-state index is 0.567. The van der Waals surface area contributed by atoms with Crippen LogP contribution in [0.25, 0.3) is 0 Å². The number of hydrogen-bond acceptors (Lipinski definition) is 3. The molecule has 2 rings (SSSR count). The Bertz CT molecular complexity index is 267. The first kappa shape index (κ1) is 8.48. The molecule has 0 aromatic carbocycles. The summed E-state index contributed by atoms with van der Waals surface area (Å²) in [6, 6.07) is 0. The summed E-state index contributed by atoms with van der Waals surface area (Å²) in [5.41, 5.74) is 0.567. The smallest absolute Gasteiger partial charge is 0.144 e. The van der Waals surface area contributed by atoms with Gasteiger partial charge in [0.25, 0.3) is 0 Å². The molecule has 1 fully saturated rings. The first-order chi connectivity index (χ1) is 6.35. The molecule has 0 unspecified atom stereocenters. The number of nitrogens with one attached hydrogen (secondary N) is 1. The summed E-state index contributed by atoms with van der Waals surface area (Å²) in [7, 11) is 0. The lowest BCUT2D eigenvalue weighted by atomic mass is 10.0. The van der Waals surface area contributed by atoms with E-state index in [9.17, 15) is 0 Å². The molecule has 0 bridgehead atoms. The lowest BCUT2D eigenvalue weighted by Gasteiger charge is -2.12. The lowest BCUT2D eigenvalue weighted by Crippen LogP contribution is -2.15. The third kappa shape index (κ3) is 1.97. The Morgan fingerprint density at radius 3 is 2.85 bits per heavy atom. The van der Waals surface area contributed by atoms with Crippen molar-refractivity contribution in [2.24, 2.45) is 5.41 Å². The van der Waals surface area contributed by atoms with E-state index in [1.807, 2.05) is 0 Å². The van der Waals surface area contributed by atoms with Crippen LogP contribution in [0.5, 0.6) is 0 Å². The largest absolute Gasteiger partial charge is 0.368 e. The van der Waals surface area contributed by atoms with Crippen LogP contribution in [0.1, 0.15) is 26.2 Å². The van der Waals surface area contributed by atoms with Gasteiger partial charge in [0.2, 0.25) is 0 Å². The zero-order valence-corrected chi connectivity index (χ0v) is 7.95. The highest BCUT2D eigenvalue weighted by molar-refractivity contribution is 5.30. The summed E-state index contributed by atoms with van der Waals surface area (Å²) in [5, 5.41) is 3.32. The second-order valence-corrected chi connectivity index (χ2v) is 3.80. The van der Waals surface area contributed by atoms with E-state index < -0.39 is 0 Å². The van der Waals surface area contributed by atoms with Gasteiger partial charge in [0, 0.05) is 18.9 Å². The standard InChI is InChI=1S/C10H15N3/c1-2-10(3-4-10)8-13-9-7-11-5-6-12-9/h5-7H,2-4,8H2,1H3,(H,12,13). The molecule has 3 heteroatoms. The van der Waals surface area contributed by atoms with E-state index in [2.05, 4.69) is 22.2 Å². The van der Waals surface area contributed by atoms with Gasteiger partial charge in [-0.25, -0.2) is 4.98 Å². The second kappa shape index (κ2) is 3.32. The first-order valence-electron chi connectivity index (χ1n) is 4.85. The average Bonchev–Trinajstić information content (AvgIpc) is 2.97. The molecule has 1 N–H and O–H groups in total. The van der Waals surface area contributed by atoms with Gasteiger partial charge in [0.1, 0.15) is 5.82 Å². The molecule has 0 spiro atoms. The van der Waals surface area contributed by atoms with Crippen LogP contribution in [-0.4, -0.2) is 16.5 Å². The van der Waals surface area contributed by atoms with Gasteiger partial charge in [-0.2, -0.15) is 0 Å². The number of rotatable bonds is 4. The van der Waals surface area contributed by atoms with Crippen molar-refractivity contribution in [1.82, 2.24) is 9.97 Å². The van der Waals surface area contributed by atoms with Crippen LogP contribution >= 0.6 is 0 Å². The minimum atomic E-state index is 0.567. The van der Waals surface area contributed by atoms with E-state index in [1.54, 1.807) is 18.6 Å². The Morgan fingerprint density at radius 1 is 1.46 bits per heavy atom. The molecule has 0 radical (unpaired) electrons. The monoisotopic (exact) mass is 177 g/mol. The van der Waals surface area contributed by atoms with Crippen LogP contribution < -0.4 is 5.32 Å². The summed E-state index contributed by atoms with van der Waals surface area (Å²) in [5.74, 6) is 0.891. The fourth-order valence-corrected chi connectivity index (χ4v) is 1.50. The Balaban J connectivity index is 1.86. The van der Waals surface area contributed by atoms with Crippen LogP contribution in [-0.2, 0) is 0 Å². The molecule has 1 aromatic rings. The van der Waals surface area contributed by atoms with E-state index in [4.69, 9.17) is 0 Å². The zero-order chi connectivity index (χ0) is 9.15. The molecule has 1 saturated carbocycles. The molecule has 13 heavy (non-hydrogen) atoms. The Kier molecular flexibility index (Phi) is 2.17. The average molecular weight is 177 g/mol. The zero-order valence-electron chi connectivity index (χ0n) is 7.95. The van der Waals surface area contributed by atoms with Crippen LogP contribution in [0.15, 0.2) is 18.6 Å². The molecule has 1 aliphatic rings. The summed E-state index contributed by atoms with van der Waals surface area (Å²) in [6.45, 7) is 3.30. The number of nitrogens with zero attached hydrogens (tertiary/aromatic N) is 2. The van der Waals surface area contributed by atoms with E-state index in [-0.39, 0.29) is 0 Å². The van der Waals surface area contributed by atoms with E-state index in [1.165, 1.54) is 19.3 Å². The highest BCUT2D eigenvalue weighted by atomic mass is 15.0. The molecule has 0 atom stereocenters. The molecule has 70 valence electrons. The predicted octanol–water partition coefficient (Wildman–Crippen LogP) is 2.08. The SMILES string of the molecule is CCC1(CNc2cnccn2)CC1. The Labute approximate surface area is 78.6 Å². The summed E-state index contributed by atoms with van der Waals surface area (Å²) in [6.07, 6.45) is 9.16. The van der Waals surface area contributed by atoms with E-state index in [0.29, 0.717) is 5.41 Å². The van der Waals surface area contributed by atoms with Crippen molar-refractivity contribution in [2.45, 2.75) is 26.2 Å². The maximum Gasteiger partial charge on any atom is 0.144 e. The van der Waals surface area contributed by atoms with Gasteiger partial charge in [0.05, 0.1) is 6.20 Å². The Hall–Kier alpha value is -1.12. The number of anilines is 1. The maximum absolute atomic E-state index is 4.17. The van der Waals surface area contributed by atoms with Gasteiger partial charge < -0.3 is 5.32 Å². The van der Waals surface area contributed by atoms with Crippen molar-refractivity contribution in [3.8, 4) is 0 Å². The number of aromatic nitrogens is 2. The van der Waals surface area contributed by atoms with E-state index in [0.717, 1.165) is 12.4 Å². The van der Waals surface area contributed by atoms with Gasteiger partial charge in [0.15, 0.2) is 0 Å². The van der Waals surface area contributed by atoms with Gasteiger partial charge in [-0.3, -0.25) is 4.98 Å². The van der Waals surface area contributed by atoms with Crippen LogP contribution in [0.2, 0.25) is 0 Å². The molecular weight excluding hydrogens is 162 g/mol.